The highest BCUT2D eigenvalue weighted by Crippen LogP contribution is 2.40. The van der Waals surface area contributed by atoms with E-state index in [1.54, 1.807) is 19.2 Å². The van der Waals surface area contributed by atoms with Crippen molar-refractivity contribution < 1.29 is 24.2 Å². The van der Waals surface area contributed by atoms with Crippen LogP contribution in [-0.2, 0) is 20.7 Å². The molecule has 0 aromatic heterocycles. The zero-order chi connectivity index (χ0) is 17.2. The average Bonchev–Trinajstić information content (AvgIpc) is 2.95. The Balaban J connectivity index is 1.81. The first-order valence-corrected chi connectivity index (χ1v) is 8.37. The summed E-state index contributed by atoms with van der Waals surface area (Å²) in [4.78, 5) is 26.0. The van der Waals surface area contributed by atoms with Gasteiger partial charge in [0.05, 0.1) is 20.1 Å². The Hall–Kier alpha value is -2.08. The fourth-order valence-corrected chi connectivity index (χ4v) is 3.74. The summed E-state index contributed by atoms with van der Waals surface area (Å²) < 4.78 is 11.0. The van der Waals surface area contributed by atoms with E-state index in [1.165, 1.54) is 4.90 Å². The Kier molecular flexibility index (Phi) is 4.76. The van der Waals surface area contributed by atoms with E-state index >= 15 is 0 Å². The fraction of sp³-hybridized carbons (Fsp3) is 0.556. The zero-order valence-electron chi connectivity index (χ0n) is 13.9. The topological polar surface area (TPSA) is 76.1 Å². The minimum atomic E-state index is -1.000. The van der Waals surface area contributed by atoms with E-state index in [9.17, 15) is 14.7 Å². The van der Waals surface area contributed by atoms with Gasteiger partial charge in [-0.2, -0.15) is 0 Å². The minimum absolute atomic E-state index is 0.0731. The van der Waals surface area contributed by atoms with Gasteiger partial charge in [0.1, 0.15) is 11.5 Å². The van der Waals surface area contributed by atoms with Crippen LogP contribution in [0.5, 0.6) is 5.75 Å². The highest BCUT2D eigenvalue weighted by molar-refractivity contribution is 5.86. The number of aliphatic carboxylic acids is 1. The van der Waals surface area contributed by atoms with E-state index in [2.05, 4.69) is 0 Å². The number of amides is 1. The lowest BCUT2D eigenvalue weighted by atomic mass is 9.89. The van der Waals surface area contributed by atoms with Crippen molar-refractivity contribution in [2.75, 3.05) is 13.7 Å². The van der Waals surface area contributed by atoms with Crippen LogP contribution in [0.3, 0.4) is 0 Å². The maximum absolute atomic E-state index is 12.9. The molecular formula is C18H23NO5. The van der Waals surface area contributed by atoms with E-state index in [4.69, 9.17) is 9.47 Å². The molecule has 2 fully saturated rings. The SMILES string of the molecule is COc1ccc(CC(=O)N2[C@H](C(=O)O)COC23CCCCC3)cc1. The molecule has 130 valence electrons. The van der Waals surface area contributed by atoms with Gasteiger partial charge in [-0.1, -0.05) is 18.6 Å². The molecule has 1 amide bonds. The van der Waals surface area contributed by atoms with E-state index < -0.39 is 17.7 Å². The number of hydrogen-bond acceptors (Lipinski definition) is 4. The maximum atomic E-state index is 12.9. The summed E-state index contributed by atoms with van der Waals surface area (Å²) in [6.07, 6.45) is 4.61. The van der Waals surface area contributed by atoms with Crippen molar-refractivity contribution in [3.8, 4) is 5.75 Å². The largest absolute Gasteiger partial charge is 0.497 e. The molecule has 0 unspecified atom stereocenters. The van der Waals surface area contributed by atoms with Crippen LogP contribution >= 0.6 is 0 Å². The normalized spacial score (nSPS) is 22.5. The predicted molar refractivity (Wildman–Crippen MR) is 86.7 cm³/mol. The van der Waals surface area contributed by atoms with Crippen molar-refractivity contribution in [3.05, 3.63) is 29.8 Å². The Morgan fingerprint density at radius 2 is 1.92 bits per heavy atom. The van der Waals surface area contributed by atoms with Gasteiger partial charge in [-0.25, -0.2) is 4.79 Å². The summed E-state index contributed by atoms with van der Waals surface area (Å²) in [6.45, 7) is 0.0731. The molecule has 1 atom stereocenters. The fourth-order valence-electron chi connectivity index (χ4n) is 3.74. The summed E-state index contributed by atoms with van der Waals surface area (Å²) in [5.74, 6) is -0.463. The summed E-state index contributed by atoms with van der Waals surface area (Å²) in [5, 5.41) is 9.49. The van der Waals surface area contributed by atoms with Crippen LogP contribution in [0.15, 0.2) is 24.3 Å². The van der Waals surface area contributed by atoms with E-state index in [-0.39, 0.29) is 18.9 Å². The van der Waals surface area contributed by atoms with Gasteiger partial charge in [0.2, 0.25) is 5.91 Å². The summed E-state index contributed by atoms with van der Waals surface area (Å²) in [7, 11) is 1.59. The molecule has 1 saturated heterocycles. The van der Waals surface area contributed by atoms with Crippen molar-refractivity contribution in [1.82, 2.24) is 4.90 Å². The third kappa shape index (κ3) is 3.11. The number of hydrogen-bond donors (Lipinski definition) is 1. The molecular weight excluding hydrogens is 310 g/mol. The Morgan fingerprint density at radius 1 is 1.25 bits per heavy atom. The first-order chi connectivity index (χ1) is 11.6. The summed E-state index contributed by atoms with van der Waals surface area (Å²) >= 11 is 0. The lowest BCUT2D eigenvalue weighted by Crippen LogP contribution is -2.55. The van der Waals surface area contributed by atoms with Gasteiger partial charge in [0.25, 0.3) is 0 Å². The first kappa shape index (κ1) is 16.8. The molecule has 1 spiro atoms. The van der Waals surface area contributed by atoms with Gasteiger partial charge in [-0.3, -0.25) is 9.69 Å². The zero-order valence-corrected chi connectivity index (χ0v) is 13.9. The molecule has 1 aromatic carbocycles. The van der Waals surface area contributed by atoms with Gasteiger partial charge in [0.15, 0.2) is 6.04 Å². The minimum Gasteiger partial charge on any atom is -0.497 e. The highest BCUT2D eigenvalue weighted by atomic mass is 16.5. The van der Waals surface area contributed by atoms with Crippen molar-refractivity contribution in [3.63, 3.8) is 0 Å². The molecule has 2 aliphatic rings. The molecule has 0 bridgehead atoms. The molecule has 1 saturated carbocycles. The van der Waals surface area contributed by atoms with Crippen molar-refractivity contribution in [2.45, 2.75) is 50.3 Å². The molecule has 3 rings (SSSR count). The average molecular weight is 333 g/mol. The molecule has 1 aromatic rings. The van der Waals surface area contributed by atoms with Gasteiger partial charge in [-0.15, -0.1) is 0 Å². The second-order valence-corrected chi connectivity index (χ2v) is 6.46. The van der Waals surface area contributed by atoms with Gasteiger partial charge in [-0.05, 0) is 43.4 Å². The third-order valence-corrected chi connectivity index (χ3v) is 4.96. The monoisotopic (exact) mass is 333 g/mol. The van der Waals surface area contributed by atoms with Crippen molar-refractivity contribution in [1.29, 1.82) is 0 Å². The number of nitrogens with zero attached hydrogens (tertiary/aromatic N) is 1. The van der Waals surface area contributed by atoms with Crippen molar-refractivity contribution >= 4 is 11.9 Å². The van der Waals surface area contributed by atoms with E-state index in [1.807, 2.05) is 12.1 Å². The number of carbonyl (C=O) groups excluding carboxylic acids is 1. The number of methoxy groups -OCH3 is 1. The molecule has 6 heteroatoms. The molecule has 24 heavy (non-hydrogen) atoms. The molecule has 6 nitrogen and oxygen atoms in total. The second kappa shape index (κ2) is 6.81. The van der Waals surface area contributed by atoms with Crippen LogP contribution in [0, 0.1) is 0 Å². The third-order valence-electron chi connectivity index (χ3n) is 4.96. The molecule has 1 heterocycles. The van der Waals surface area contributed by atoms with E-state index in [0.29, 0.717) is 12.8 Å². The van der Waals surface area contributed by atoms with Crippen LogP contribution in [0.4, 0.5) is 0 Å². The van der Waals surface area contributed by atoms with E-state index in [0.717, 1.165) is 30.6 Å². The maximum Gasteiger partial charge on any atom is 0.328 e. The standard InChI is InChI=1S/C18H23NO5/c1-23-14-7-5-13(6-8-14)11-16(20)19-15(17(21)22)12-24-18(19)9-3-2-4-10-18/h5-8,15H,2-4,9-12H2,1H3,(H,21,22)/t15-/m0/s1. The molecule has 0 radical (unpaired) electrons. The Labute approximate surface area is 141 Å². The van der Waals surface area contributed by atoms with Crippen LogP contribution in [0.2, 0.25) is 0 Å². The second-order valence-electron chi connectivity index (χ2n) is 6.46. The first-order valence-electron chi connectivity index (χ1n) is 8.37. The Bertz CT molecular complexity index is 606. The van der Waals surface area contributed by atoms with Gasteiger partial charge < -0.3 is 14.6 Å². The number of carboxylic acid groups (broad SMARTS) is 1. The number of carbonyl (C=O) groups is 2. The molecule has 1 aliphatic carbocycles. The van der Waals surface area contributed by atoms with Gasteiger partial charge in [0, 0.05) is 0 Å². The van der Waals surface area contributed by atoms with Crippen LogP contribution in [0.25, 0.3) is 0 Å². The predicted octanol–water partition coefficient (Wildman–Crippen LogP) is 2.21. The number of ether oxygens (including phenoxy) is 2. The highest BCUT2D eigenvalue weighted by Gasteiger charge is 2.52. The number of benzene rings is 1. The smallest absolute Gasteiger partial charge is 0.328 e. The van der Waals surface area contributed by atoms with Crippen LogP contribution < -0.4 is 4.74 Å². The van der Waals surface area contributed by atoms with Crippen molar-refractivity contribution in [2.24, 2.45) is 0 Å². The molecule has 1 N–H and O–H groups in total. The quantitative estimate of drug-likeness (QED) is 0.914. The lowest BCUT2D eigenvalue weighted by Gasteiger charge is -2.41. The number of rotatable bonds is 4. The number of carboxylic acids is 1. The Morgan fingerprint density at radius 3 is 2.50 bits per heavy atom. The van der Waals surface area contributed by atoms with Crippen LogP contribution in [0.1, 0.15) is 37.7 Å². The summed E-state index contributed by atoms with van der Waals surface area (Å²) in [6, 6.07) is 6.37. The van der Waals surface area contributed by atoms with Gasteiger partial charge >= 0.3 is 5.97 Å². The van der Waals surface area contributed by atoms with Crippen LogP contribution in [-0.4, -0.2) is 47.4 Å². The lowest BCUT2D eigenvalue weighted by molar-refractivity contribution is -0.163. The summed E-state index contributed by atoms with van der Waals surface area (Å²) in [5.41, 5.74) is 0.105. The molecule has 1 aliphatic heterocycles.